The zero-order chi connectivity index (χ0) is 13.0. The Kier molecular flexibility index (Phi) is 1.99. The largest absolute Gasteiger partial charge is 0.349 e. The average Bonchev–Trinajstić information content (AvgIpc) is 2.79. The third-order valence-electron chi connectivity index (χ3n) is 3.99. The van der Waals surface area contributed by atoms with Crippen LogP contribution in [0.1, 0.15) is 11.1 Å². The van der Waals surface area contributed by atoms with Crippen LogP contribution < -0.4 is 4.40 Å². The van der Waals surface area contributed by atoms with Crippen molar-refractivity contribution in [3.63, 3.8) is 0 Å². The van der Waals surface area contributed by atoms with E-state index >= 15 is 0 Å². The lowest BCUT2D eigenvalue weighted by Gasteiger charge is -1.98. The first-order valence-electron chi connectivity index (χ1n) is 6.56. The van der Waals surface area contributed by atoms with Gasteiger partial charge in [0.15, 0.2) is 12.4 Å². The third kappa shape index (κ3) is 1.40. The van der Waals surface area contributed by atoms with Crippen molar-refractivity contribution in [1.29, 1.82) is 0 Å². The van der Waals surface area contributed by atoms with Crippen molar-refractivity contribution in [2.75, 3.05) is 0 Å². The highest BCUT2D eigenvalue weighted by molar-refractivity contribution is 6.10. The SMILES string of the molecule is Cc1cc2c3[nH]c4ccccc4c3cc[n+]2cc1C. The Hall–Kier alpha value is -2.35. The first-order valence-corrected chi connectivity index (χ1v) is 6.56. The van der Waals surface area contributed by atoms with E-state index in [0.29, 0.717) is 0 Å². The number of fused-ring (bicyclic) bond motifs is 5. The molecule has 0 atom stereocenters. The molecule has 2 heteroatoms. The smallest absolute Gasteiger partial charge is 0.235 e. The second kappa shape index (κ2) is 3.58. The van der Waals surface area contributed by atoms with Gasteiger partial charge >= 0.3 is 0 Å². The topological polar surface area (TPSA) is 19.9 Å². The molecule has 0 bridgehead atoms. The summed E-state index contributed by atoms with van der Waals surface area (Å²) < 4.78 is 2.19. The average molecular weight is 247 g/mol. The molecule has 0 spiro atoms. The van der Waals surface area contributed by atoms with Crippen molar-refractivity contribution in [3.05, 3.63) is 59.9 Å². The van der Waals surface area contributed by atoms with Crippen LogP contribution in [0.4, 0.5) is 0 Å². The second-order valence-electron chi connectivity index (χ2n) is 5.21. The lowest BCUT2D eigenvalue weighted by molar-refractivity contribution is -0.511. The summed E-state index contributed by atoms with van der Waals surface area (Å²) in [6.07, 6.45) is 4.33. The van der Waals surface area contributed by atoms with Crippen molar-refractivity contribution < 1.29 is 4.40 Å². The van der Waals surface area contributed by atoms with Gasteiger partial charge in [0, 0.05) is 34.0 Å². The van der Waals surface area contributed by atoms with Gasteiger partial charge in [0.2, 0.25) is 5.52 Å². The van der Waals surface area contributed by atoms with Crippen LogP contribution in [-0.4, -0.2) is 4.98 Å². The number of para-hydroxylation sites is 1. The van der Waals surface area contributed by atoms with E-state index in [2.05, 4.69) is 72.0 Å². The molecular formula is C17H15N2+. The van der Waals surface area contributed by atoms with Gasteiger partial charge in [0.25, 0.3) is 0 Å². The fourth-order valence-electron chi connectivity index (χ4n) is 2.79. The van der Waals surface area contributed by atoms with Crippen molar-refractivity contribution in [2.24, 2.45) is 0 Å². The number of rotatable bonds is 0. The Bertz CT molecular complexity index is 932. The van der Waals surface area contributed by atoms with Crippen LogP contribution in [0.25, 0.3) is 27.3 Å². The number of nitrogens with zero attached hydrogens (tertiary/aromatic N) is 1. The van der Waals surface area contributed by atoms with Crippen LogP contribution in [0.5, 0.6) is 0 Å². The molecule has 0 aliphatic rings. The Morgan fingerprint density at radius 2 is 1.79 bits per heavy atom. The standard InChI is InChI=1S/C17H14N2/c1-11-9-16-17-14(7-8-19(16)10-12(11)2)13-5-3-4-6-15(13)18-17/h3-10H,1-2H3/p+1. The third-order valence-corrected chi connectivity index (χ3v) is 3.99. The molecule has 0 saturated carbocycles. The van der Waals surface area contributed by atoms with Crippen molar-refractivity contribution >= 4 is 27.3 Å². The predicted molar refractivity (Wildman–Crippen MR) is 78.4 cm³/mol. The molecule has 0 aliphatic heterocycles. The number of aryl methyl sites for hydroxylation is 2. The highest BCUT2D eigenvalue weighted by Gasteiger charge is 2.13. The zero-order valence-corrected chi connectivity index (χ0v) is 11.1. The summed E-state index contributed by atoms with van der Waals surface area (Å²) in [5.74, 6) is 0. The summed E-state index contributed by atoms with van der Waals surface area (Å²) in [7, 11) is 0. The molecule has 1 N–H and O–H groups in total. The molecule has 0 amide bonds. The number of hydrogen-bond donors (Lipinski definition) is 1. The monoisotopic (exact) mass is 247 g/mol. The Morgan fingerprint density at radius 3 is 2.68 bits per heavy atom. The van der Waals surface area contributed by atoms with Crippen molar-refractivity contribution in [3.8, 4) is 0 Å². The lowest BCUT2D eigenvalue weighted by atomic mass is 10.1. The number of aromatic nitrogens is 2. The minimum atomic E-state index is 1.20. The number of aromatic amines is 1. The summed E-state index contributed by atoms with van der Waals surface area (Å²) in [6, 6.07) is 12.9. The van der Waals surface area contributed by atoms with Gasteiger partial charge in [0.05, 0.1) is 0 Å². The number of hydrogen-bond acceptors (Lipinski definition) is 0. The lowest BCUT2D eigenvalue weighted by Crippen LogP contribution is -2.21. The molecule has 92 valence electrons. The number of nitrogens with one attached hydrogen (secondary N) is 1. The number of H-pyrrole nitrogens is 1. The van der Waals surface area contributed by atoms with E-state index in [4.69, 9.17) is 0 Å². The molecular weight excluding hydrogens is 232 g/mol. The minimum absolute atomic E-state index is 1.20. The van der Waals surface area contributed by atoms with Crippen LogP contribution in [-0.2, 0) is 0 Å². The molecule has 0 radical (unpaired) electrons. The summed E-state index contributed by atoms with van der Waals surface area (Å²) in [5, 5.41) is 2.58. The summed E-state index contributed by atoms with van der Waals surface area (Å²) >= 11 is 0. The van der Waals surface area contributed by atoms with Gasteiger partial charge in [-0.1, -0.05) is 18.2 Å². The van der Waals surface area contributed by atoms with Gasteiger partial charge in [-0.3, -0.25) is 0 Å². The van der Waals surface area contributed by atoms with Gasteiger partial charge in [-0.25, -0.2) is 0 Å². The van der Waals surface area contributed by atoms with Gasteiger partial charge in [-0.05, 0) is 25.5 Å². The molecule has 3 aromatic heterocycles. The van der Waals surface area contributed by atoms with Gasteiger partial charge in [-0.2, -0.15) is 4.40 Å². The highest BCUT2D eigenvalue weighted by Crippen LogP contribution is 2.26. The fraction of sp³-hybridized carbons (Fsp3) is 0.118. The Morgan fingerprint density at radius 1 is 0.947 bits per heavy atom. The van der Waals surface area contributed by atoms with E-state index < -0.39 is 0 Å². The van der Waals surface area contributed by atoms with Crippen LogP contribution in [0, 0.1) is 13.8 Å². The normalized spacial score (nSPS) is 11.7. The van der Waals surface area contributed by atoms with Gasteiger partial charge < -0.3 is 4.98 Å². The van der Waals surface area contributed by atoms with E-state index in [1.54, 1.807) is 0 Å². The molecule has 0 fully saturated rings. The molecule has 1 aromatic carbocycles. The first-order chi connectivity index (χ1) is 9.24. The predicted octanol–water partition coefficient (Wildman–Crippen LogP) is 3.68. The zero-order valence-electron chi connectivity index (χ0n) is 11.1. The molecule has 2 nitrogen and oxygen atoms in total. The maximum atomic E-state index is 3.55. The Balaban J connectivity index is 2.27. The van der Waals surface area contributed by atoms with Crippen LogP contribution in [0.3, 0.4) is 0 Å². The molecule has 3 heterocycles. The Labute approximate surface area is 111 Å². The molecule has 0 unspecified atom stereocenters. The quantitative estimate of drug-likeness (QED) is 0.457. The molecule has 19 heavy (non-hydrogen) atoms. The minimum Gasteiger partial charge on any atom is -0.349 e. The second-order valence-corrected chi connectivity index (χ2v) is 5.21. The summed E-state index contributed by atoms with van der Waals surface area (Å²) in [4.78, 5) is 3.55. The molecule has 0 aliphatic carbocycles. The van der Waals surface area contributed by atoms with E-state index in [-0.39, 0.29) is 0 Å². The number of benzene rings is 1. The first kappa shape index (κ1) is 10.6. The number of pyridine rings is 2. The van der Waals surface area contributed by atoms with Gasteiger partial charge in [0.1, 0.15) is 5.52 Å². The van der Waals surface area contributed by atoms with Crippen LogP contribution in [0.15, 0.2) is 48.8 Å². The van der Waals surface area contributed by atoms with Crippen LogP contribution in [0.2, 0.25) is 0 Å². The van der Waals surface area contributed by atoms with E-state index in [0.717, 1.165) is 0 Å². The molecule has 4 aromatic rings. The maximum absolute atomic E-state index is 3.55. The molecule has 0 saturated heterocycles. The molecule has 4 rings (SSSR count). The van der Waals surface area contributed by atoms with E-state index in [1.165, 1.54) is 38.4 Å². The van der Waals surface area contributed by atoms with E-state index in [1.807, 2.05) is 0 Å². The highest BCUT2D eigenvalue weighted by atomic mass is 14.9. The maximum Gasteiger partial charge on any atom is 0.235 e. The van der Waals surface area contributed by atoms with E-state index in [9.17, 15) is 0 Å². The van der Waals surface area contributed by atoms with Crippen LogP contribution >= 0.6 is 0 Å². The summed E-state index contributed by atoms with van der Waals surface area (Å²) in [5.41, 5.74) is 6.28. The summed E-state index contributed by atoms with van der Waals surface area (Å²) in [6.45, 7) is 4.31. The van der Waals surface area contributed by atoms with Crippen molar-refractivity contribution in [1.82, 2.24) is 4.98 Å². The van der Waals surface area contributed by atoms with Crippen molar-refractivity contribution in [2.45, 2.75) is 13.8 Å². The van der Waals surface area contributed by atoms with Gasteiger partial charge in [-0.15, -0.1) is 0 Å². The fourth-order valence-corrected chi connectivity index (χ4v) is 2.79.